The monoisotopic (exact) mass is 443 g/mol. The second-order valence-electron chi connectivity index (χ2n) is 7.16. The molecule has 160 valence electrons. The maximum atomic E-state index is 13.9. The number of thiazole rings is 1. The predicted molar refractivity (Wildman–Crippen MR) is 110 cm³/mol. The third-order valence-corrected chi connectivity index (χ3v) is 5.99. The van der Waals surface area contributed by atoms with Gasteiger partial charge in [0, 0.05) is 30.7 Å². The number of ether oxygens (including phenoxy) is 1. The molecule has 9 heteroatoms. The van der Waals surface area contributed by atoms with Crippen molar-refractivity contribution in [3.8, 4) is 10.7 Å². The fourth-order valence-corrected chi connectivity index (χ4v) is 4.17. The largest absolute Gasteiger partial charge is 0.459 e. The summed E-state index contributed by atoms with van der Waals surface area (Å²) in [7, 11) is 0. The van der Waals surface area contributed by atoms with Gasteiger partial charge in [0.1, 0.15) is 23.2 Å². The number of hydrogen-bond acceptors (Lipinski definition) is 6. The van der Waals surface area contributed by atoms with Crippen molar-refractivity contribution in [2.75, 3.05) is 13.1 Å². The van der Waals surface area contributed by atoms with Gasteiger partial charge in [-0.05, 0) is 37.1 Å². The molecule has 3 heterocycles. The first kappa shape index (κ1) is 21.0. The number of esters is 1. The lowest BCUT2D eigenvalue weighted by atomic mass is 9.96. The van der Waals surface area contributed by atoms with Crippen LogP contribution < -0.4 is 0 Å². The van der Waals surface area contributed by atoms with E-state index in [1.165, 1.54) is 16.2 Å². The van der Waals surface area contributed by atoms with Crippen molar-refractivity contribution in [3.63, 3.8) is 0 Å². The number of aromatic nitrogens is 2. The normalized spacial score (nSPS) is 14.5. The number of amides is 1. The van der Waals surface area contributed by atoms with Crippen molar-refractivity contribution in [3.05, 3.63) is 70.9 Å². The average Bonchev–Trinajstić information content (AvgIpc) is 3.27. The Labute approximate surface area is 181 Å². The Bertz CT molecular complexity index is 1080. The van der Waals surface area contributed by atoms with E-state index in [1.807, 2.05) is 23.6 Å². The first-order valence-corrected chi connectivity index (χ1v) is 10.7. The van der Waals surface area contributed by atoms with Crippen LogP contribution >= 0.6 is 11.3 Å². The molecule has 4 rings (SSSR count). The highest BCUT2D eigenvalue weighted by Gasteiger charge is 2.30. The molecule has 0 atom stereocenters. The molecule has 0 aliphatic carbocycles. The van der Waals surface area contributed by atoms with E-state index in [0.717, 1.165) is 22.8 Å². The number of pyridine rings is 1. The molecule has 1 aromatic carbocycles. The molecule has 1 amide bonds. The Kier molecular flexibility index (Phi) is 6.31. The Balaban J connectivity index is 1.28. The van der Waals surface area contributed by atoms with Crippen LogP contribution in [0, 0.1) is 17.6 Å². The number of piperidine rings is 1. The summed E-state index contributed by atoms with van der Waals surface area (Å²) in [5.41, 5.74) is 1.24. The first-order chi connectivity index (χ1) is 15.0. The topological polar surface area (TPSA) is 72.4 Å². The summed E-state index contributed by atoms with van der Waals surface area (Å²) in [4.78, 5) is 35.1. The zero-order chi connectivity index (χ0) is 21.8. The molecule has 0 radical (unpaired) electrons. The van der Waals surface area contributed by atoms with Gasteiger partial charge in [-0.25, -0.2) is 13.8 Å². The third kappa shape index (κ3) is 4.93. The van der Waals surface area contributed by atoms with Crippen molar-refractivity contribution < 1.29 is 23.1 Å². The molecular formula is C22H19F2N3O3S. The Morgan fingerprint density at radius 1 is 1.16 bits per heavy atom. The minimum Gasteiger partial charge on any atom is -0.459 e. The molecule has 1 fully saturated rings. The molecule has 6 nitrogen and oxygen atoms in total. The van der Waals surface area contributed by atoms with Crippen LogP contribution in [0.2, 0.25) is 0 Å². The zero-order valence-electron chi connectivity index (χ0n) is 16.5. The Hall–Kier alpha value is -3.20. The van der Waals surface area contributed by atoms with E-state index in [1.54, 1.807) is 6.20 Å². The van der Waals surface area contributed by atoms with Gasteiger partial charge in [0.15, 0.2) is 0 Å². The highest BCUT2D eigenvalue weighted by atomic mass is 32.1. The number of halogens is 2. The van der Waals surface area contributed by atoms with Gasteiger partial charge in [0.25, 0.3) is 5.91 Å². The number of carbonyl (C=O) groups is 2. The van der Waals surface area contributed by atoms with Gasteiger partial charge in [0.2, 0.25) is 0 Å². The number of rotatable bonds is 5. The van der Waals surface area contributed by atoms with E-state index in [4.69, 9.17) is 4.74 Å². The van der Waals surface area contributed by atoms with Crippen LogP contribution in [0.4, 0.5) is 8.78 Å². The summed E-state index contributed by atoms with van der Waals surface area (Å²) in [6.45, 7) is 0.675. The quantitative estimate of drug-likeness (QED) is 0.556. The molecular weight excluding hydrogens is 424 g/mol. The van der Waals surface area contributed by atoms with E-state index in [2.05, 4.69) is 9.97 Å². The second kappa shape index (κ2) is 9.30. The zero-order valence-corrected chi connectivity index (χ0v) is 17.3. The van der Waals surface area contributed by atoms with Gasteiger partial charge in [0.05, 0.1) is 22.9 Å². The lowest BCUT2D eigenvalue weighted by molar-refractivity contribution is -0.151. The van der Waals surface area contributed by atoms with Crippen molar-refractivity contribution >= 4 is 23.2 Å². The summed E-state index contributed by atoms with van der Waals surface area (Å²) in [6.07, 6.45) is 2.53. The van der Waals surface area contributed by atoms with E-state index in [0.29, 0.717) is 37.7 Å². The van der Waals surface area contributed by atoms with Gasteiger partial charge in [-0.15, -0.1) is 11.3 Å². The number of hydrogen-bond donors (Lipinski definition) is 0. The molecule has 0 unspecified atom stereocenters. The van der Waals surface area contributed by atoms with Crippen molar-refractivity contribution in [2.24, 2.45) is 5.92 Å². The van der Waals surface area contributed by atoms with Crippen molar-refractivity contribution in [1.29, 1.82) is 0 Å². The molecule has 3 aromatic rings. The molecule has 1 aliphatic rings. The highest BCUT2D eigenvalue weighted by molar-refractivity contribution is 7.13. The molecule has 0 N–H and O–H groups in total. The molecule has 1 aliphatic heterocycles. The number of likely N-dealkylation sites (tertiary alicyclic amines) is 1. The van der Waals surface area contributed by atoms with Gasteiger partial charge >= 0.3 is 5.97 Å². The van der Waals surface area contributed by atoms with Gasteiger partial charge in [-0.1, -0.05) is 6.07 Å². The van der Waals surface area contributed by atoms with Crippen LogP contribution in [0.25, 0.3) is 10.7 Å². The number of benzene rings is 1. The third-order valence-electron chi connectivity index (χ3n) is 5.08. The fourth-order valence-electron chi connectivity index (χ4n) is 3.39. The predicted octanol–water partition coefficient (Wildman–Crippen LogP) is 4.08. The molecule has 31 heavy (non-hydrogen) atoms. The van der Waals surface area contributed by atoms with Crippen LogP contribution in [0.1, 0.15) is 28.9 Å². The van der Waals surface area contributed by atoms with E-state index in [-0.39, 0.29) is 24.1 Å². The van der Waals surface area contributed by atoms with E-state index >= 15 is 0 Å². The maximum Gasteiger partial charge on any atom is 0.309 e. The first-order valence-electron chi connectivity index (χ1n) is 9.78. The molecule has 2 aromatic heterocycles. The summed E-state index contributed by atoms with van der Waals surface area (Å²) in [5.74, 6) is -2.81. The lowest BCUT2D eigenvalue weighted by Gasteiger charge is -2.31. The second-order valence-corrected chi connectivity index (χ2v) is 8.02. The van der Waals surface area contributed by atoms with Crippen LogP contribution in [-0.4, -0.2) is 39.8 Å². The summed E-state index contributed by atoms with van der Waals surface area (Å²) < 4.78 is 32.3. The van der Waals surface area contributed by atoms with Gasteiger partial charge in [-0.2, -0.15) is 0 Å². The van der Waals surface area contributed by atoms with Crippen LogP contribution in [-0.2, 0) is 16.1 Å². The van der Waals surface area contributed by atoms with Crippen molar-refractivity contribution in [1.82, 2.24) is 14.9 Å². The van der Waals surface area contributed by atoms with Crippen LogP contribution in [0.15, 0.2) is 48.0 Å². The number of carbonyl (C=O) groups excluding carboxylic acids is 2. The number of nitrogens with zero attached hydrogens (tertiary/aromatic N) is 3. The van der Waals surface area contributed by atoms with Crippen LogP contribution in [0.3, 0.4) is 0 Å². The average molecular weight is 443 g/mol. The highest BCUT2D eigenvalue weighted by Crippen LogP contribution is 2.24. The summed E-state index contributed by atoms with van der Waals surface area (Å²) in [6, 6.07) is 8.45. The molecule has 0 spiro atoms. The minimum atomic E-state index is -0.889. The van der Waals surface area contributed by atoms with Gasteiger partial charge in [-0.3, -0.25) is 14.6 Å². The lowest BCUT2D eigenvalue weighted by Crippen LogP contribution is -2.41. The SMILES string of the molecule is O=C(OCc1csc(-c2ccccn2)n1)C1CCN(C(=O)c2ccc(F)cc2F)CC1. The standard InChI is InChI=1S/C22H19F2N3O3S/c23-15-4-5-17(18(24)11-15)21(28)27-9-6-14(7-10-27)22(29)30-12-16-13-31-20(26-16)19-3-1-2-8-25-19/h1-5,8,11,13-14H,6-7,9-10,12H2. The summed E-state index contributed by atoms with van der Waals surface area (Å²) in [5, 5.41) is 2.59. The van der Waals surface area contributed by atoms with Crippen LogP contribution in [0.5, 0.6) is 0 Å². The van der Waals surface area contributed by atoms with E-state index in [9.17, 15) is 18.4 Å². The van der Waals surface area contributed by atoms with E-state index < -0.39 is 17.5 Å². The molecule has 1 saturated heterocycles. The molecule has 0 saturated carbocycles. The fraction of sp³-hybridized carbons (Fsp3) is 0.273. The smallest absolute Gasteiger partial charge is 0.309 e. The van der Waals surface area contributed by atoms with Gasteiger partial charge < -0.3 is 9.64 Å². The van der Waals surface area contributed by atoms with Crippen molar-refractivity contribution in [2.45, 2.75) is 19.4 Å². The summed E-state index contributed by atoms with van der Waals surface area (Å²) >= 11 is 1.43. The maximum absolute atomic E-state index is 13.9. The Morgan fingerprint density at radius 2 is 1.97 bits per heavy atom. The Morgan fingerprint density at radius 3 is 2.68 bits per heavy atom. The minimum absolute atomic E-state index is 0.0715. The molecule has 0 bridgehead atoms.